The van der Waals surface area contributed by atoms with Crippen molar-refractivity contribution in [3.8, 4) is 11.5 Å². The molecule has 0 aromatic carbocycles. The Morgan fingerprint density at radius 1 is 0.793 bits per heavy atom. The molecule has 0 amide bonds. The molecule has 5 heteroatoms. The van der Waals surface area contributed by atoms with Crippen LogP contribution >= 0.6 is 0 Å². The van der Waals surface area contributed by atoms with Crippen molar-refractivity contribution < 1.29 is 8.85 Å². The van der Waals surface area contributed by atoms with Crippen LogP contribution in [0.2, 0.25) is 55.9 Å². The summed E-state index contributed by atoms with van der Waals surface area (Å²) in [6.45, 7) is 30.4. The van der Waals surface area contributed by atoms with Crippen molar-refractivity contribution in [3.63, 3.8) is 0 Å². The van der Waals surface area contributed by atoms with E-state index in [9.17, 15) is 0 Å². The van der Waals surface area contributed by atoms with Crippen molar-refractivity contribution in [3.05, 3.63) is 24.3 Å². The van der Waals surface area contributed by atoms with Crippen LogP contribution in [0.25, 0.3) is 0 Å². The first-order valence-corrected chi connectivity index (χ1v) is 20.3. The van der Waals surface area contributed by atoms with Gasteiger partial charge in [0, 0.05) is 0 Å². The number of hydrogen-bond acceptors (Lipinski definition) is 2. The zero-order valence-corrected chi connectivity index (χ0v) is 24.6. The van der Waals surface area contributed by atoms with E-state index in [4.69, 9.17) is 8.85 Å². The Labute approximate surface area is 185 Å². The van der Waals surface area contributed by atoms with Gasteiger partial charge in [0.2, 0.25) is 0 Å². The number of hydrogen-bond donors (Lipinski definition) is 0. The van der Waals surface area contributed by atoms with Crippen molar-refractivity contribution in [2.24, 2.45) is 0 Å². The monoisotopic (exact) mass is 452 g/mol. The zero-order chi connectivity index (χ0) is 23.1. The summed E-state index contributed by atoms with van der Waals surface area (Å²) in [5.74, 6) is 3.24. The van der Waals surface area contributed by atoms with E-state index in [1.807, 2.05) is 6.08 Å². The Balaban J connectivity index is 5.12. The molecule has 0 aromatic rings. The van der Waals surface area contributed by atoms with Crippen LogP contribution in [0.4, 0.5) is 0 Å². The van der Waals surface area contributed by atoms with E-state index in [1.54, 1.807) is 0 Å². The molecule has 0 radical (unpaired) electrons. The van der Waals surface area contributed by atoms with Crippen molar-refractivity contribution in [1.82, 2.24) is 0 Å². The molecule has 0 aliphatic carbocycles. The third kappa shape index (κ3) is 11.5. The highest BCUT2D eigenvalue weighted by atomic mass is 28.4. The maximum atomic E-state index is 6.65. The van der Waals surface area contributed by atoms with E-state index in [0.29, 0.717) is 6.61 Å². The molecular weight excluding hydrogens is 405 g/mol. The molecular formula is C24H48O2Si3. The van der Waals surface area contributed by atoms with Crippen molar-refractivity contribution >= 4 is 24.7 Å². The van der Waals surface area contributed by atoms with Crippen LogP contribution in [0, 0.1) is 11.5 Å². The largest absolute Gasteiger partial charge is 0.413 e. The van der Waals surface area contributed by atoms with Gasteiger partial charge in [-0.05, 0) is 54.8 Å². The van der Waals surface area contributed by atoms with Gasteiger partial charge < -0.3 is 8.85 Å². The summed E-state index contributed by atoms with van der Waals surface area (Å²) in [6.07, 6.45) is 9.43. The molecule has 0 bridgehead atoms. The third-order valence-electron chi connectivity index (χ3n) is 5.98. The molecule has 0 rings (SSSR count). The lowest BCUT2D eigenvalue weighted by molar-refractivity contribution is 0.227. The SMILES string of the molecule is CC(C)(C)[Si](C)(C)OC/C=C/C[C@@H](C=CC#C[Si](C)(C)C)O[Si](C)(C)C(C)(C)C. The highest BCUT2D eigenvalue weighted by molar-refractivity contribution is 6.83. The summed E-state index contributed by atoms with van der Waals surface area (Å²) in [4.78, 5) is 0. The van der Waals surface area contributed by atoms with Gasteiger partial charge in [-0.15, -0.1) is 5.54 Å². The summed E-state index contributed by atoms with van der Waals surface area (Å²) < 4.78 is 12.9. The second-order valence-electron chi connectivity index (χ2n) is 12.1. The third-order valence-corrected chi connectivity index (χ3v) is 15.9. The van der Waals surface area contributed by atoms with Gasteiger partial charge in [-0.2, -0.15) is 0 Å². The summed E-state index contributed by atoms with van der Waals surface area (Å²) in [7, 11) is -4.88. The van der Waals surface area contributed by atoms with E-state index in [1.165, 1.54) is 0 Å². The minimum absolute atomic E-state index is 0.0657. The Morgan fingerprint density at radius 2 is 1.31 bits per heavy atom. The molecule has 29 heavy (non-hydrogen) atoms. The second-order valence-corrected chi connectivity index (χ2v) is 26.4. The average molecular weight is 453 g/mol. The lowest BCUT2D eigenvalue weighted by Gasteiger charge is -2.38. The molecule has 0 unspecified atom stereocenters. The Bertz CT molecular complexity index is 616. The normalized spacial score (nSPS) is 15.6. The maximum Gasteiger partial charge on any atom is 0.192 e. The fourth-order valence-electron chi connectivity index (χ4n) is 1.91. The van der Waals surface area contributed by atoms with E-state index in [-0.39, 0.29) is 16.2 Å². The quantitative estimate of drug-likeness (QED) is 0.212. The lowest BCUT2D eigenvalue weighted by Crippen LogP contribution is -2.43. The van der Waals surface area contributed by atoms with E-state index in [2.05, 4.69) is 117 Å². The first-order chi connectivity index (χ1) is 12.8. The van der Waals surface area contributed by atoms with Crippen LogP contribution in [0.1, 0.15) is 48.0 Å². The standard InChI is InChI=1S/C24H48O2Si3/c1-23(2,3)28(10,11)25-20-16-14-18-22(19-15-17-21-27(7,8)9)26-29(12,13)24(4,5)6/h14-16,19,22H,18,20H2,1-13H3/b16-14+,19-15?/t22-/m0/s1. The Kier molecular flexibility index (Phi) is 10.6. The van der Waals surface area contributed by atoms with E-state index >= 15 is 0 Å². The molecule has 0 aromatic heterocycles. The van der Waals surface area contributed by atoms with Gasteiger partial charge in [0.05, 0.1) is 12.7 Å². The highest BCUT2D eigenvalue weighted by Gasteiger charge is 2.38. The highest BCUT2D eigenvalue weighted by Crippen LogP contribution is 2.38. The van der Waals surface area contributed by atoms with Gasteiger partial charge in [0.1, 0.15) is 8.07 Å². The number of allylic oxidation sites excluding steroid dienone is 1. The average Bonchev–Trinajstić information content (AvgIpc) is 2.47. The van der Waals surface area contributed by atoms with Gasteiger partial charge in [0.25, 0.3) is 0 Å². The van der Waals surface area contributed by atoms with E-state index in [0.717, 1.165) is 6.42 Å². The molecule has 0 aliphatic heterocycles. The summed E-state index contributed by atoms with van der Waals surface area (Å²) in [5.41, 5.74) is 3.40. The van der Waals surface area contributed by atoms with Crippen LogP contribution in [0.15, 0.2) is 24.3 Å². The number of rotatable bonds is 8. The van der Waals surface area contributed by atoms with Crippen molar-refractivity contribution in [2.75, 3.05) is 6.61 Å². The summed E-state index contributed by atoms with van der Waals surface area (Å²) in [6, 6.07) is 0. The first-order valence-electron chi connectivity index (χ1n) is 10.9. The Morgan fingerprint density at radius 3 is 1.76 bits per heavy atom. The summed E-state index contributed by atoms with van der Waals surface area (Å²) in [5, 5.41) is 0.435. The zero-order valence-electron chi connectivity index (χ0n) is 21.6. The predicted molar refractivity (Wildman–Crippen MR) is 139 cm³/mol. The topological polar surface area (TPSA) is 18.5 Å². The molecule has 0 saturated carbocycles. The van der Waals surface area contributed by atoms with Gasteiger partial charge in [-0.3, -0.25) is 0 Å². The van der Waals surface area contributed by atoms with Crippen LogP contribution in [-0.2, 0) is 8.85 Å². The predicted octanol–water partition coefficient (Wildman–Crippen LogP) is 7.78. The van der Waals surface area contributed by atoms with Crippen LogP contribution in [0.5, 0.6) is 0 Å². The molecule has 0 aliphatic rings. The van der Waals surface area contributed by atoms with Gasteiger partial charge in [0.15, 0.2) is 16.6 Å². The van der Waals surface area contributed by atoms with Crippen LogP contribution < -0.4 is 0 Å². The second kappa shape index (κ2) is 10.8. The fraction of sp³-hybridized carbons (Fsp3) is 0.750. The molecule has 0 spiro atoms. The molecule has 0 saturated heterocycles. The fourth-order valence-corrected chi connectivity index (χ4v) is 4.65. The minimum Gasteiger partial charge on any atom is -0.413 e. The van der Waals surface area contributed by atoms with Gasteiger partial charge in [-0.25, -0.2) is 0 Å². The molecule has 0 N–H and O–H groups in total. The molecule has 0 fully saturated rings. The molecule has 1 atom stereocenters. The lowest BCUT2D eigenvalue weighted by atomic mass is 10.2. The van der Waals surface area contributed by atoms with Gasteiger partial charge in [-0.1, -0.05) is 79.3 Å². The van der Waals surface area contributed by atoms with Crippen molar-refractivity contribution in [1.29, 1.82) is 0 Å². The maximum absolute atomic E-state index is 6.65. The smallest absolute Gasteiger partial charge is 0.192 e. The molecule has 0 heterocycles. The molecule has 2 nitrogen and oxygen atoms in total. The Hall–Kier alpha value is -0.389. The summed E-state index contributed by atoms with van der Waals surface area (Å²) >= 11 is 0. The van der Waals surface area contributed by atoms with E-state index < -0.39 is 24.7 Å². The van der Waals surface area contributed by atoms with Crippen LogP contribution in [0.3, 0.4) is 0 Å². The van der Waals surface area contributed by atoms with Crippen LogP contribution in [-0.4, -0.2) is 37.4 Å². The molecule has 168 valence electrons. The minimum atomic E-state index is -1.84. The van der Waals surface area contributed by atoms with Crippen molar-refractivity contribution in [2.45, 2.75) is 110 Å². The van der Waals surface area contributed by atoms with Gasteiger partial charge >= 0.3 is 0 Å². The first kappa shape index (κ1) is 28.6.